The van der Waals surface area contributed by atoms with E-state index < -0.39 is 0 Å². The second kappa shape index (κ2) is 5.89. The average Bonchev–Trinajstić information content (AvgIpc) is 3.04. The maximum Gasteiger partial charge on any atom is 0.113 e. The van der Waals surface area contributed by atoms with Gasteiger partial charge in [-0.15, -0.1) is 5.10 Å². The van der Waals surface area contributed by atoms with E-state index >= 15 is 0 Å². The van der Waals surface area contributed by atoms with Crippen LogP contribution in [0.4, 0.5) is 0 Å². The molecule has 0 amide bonds. The molecule has 0 radical (unpaired) electrons. The molecule has 0 unspecified atom stereocenters. The van der Waals surface area contributed by atoms with Crippen LogP contribution in [0, 0.1) is 0 Å². The number of fused-ring (bicyclic) bond motifs is 1. The summed E-state index contributed by atoms with van der Waals surface area (Å²) < 4.78 is 1.84. The lowest BCUT2D eigenvalue weighted by Gasteiger charge is -2.08. The molecular formula is C20H15N3. The van der Waals surface area contributed by atoms with Crippen molar-refractivity contribution in [1.29, 1.82) is 0 Å². The highest BCUT2D eigenvalue weighted by Gasteiger charge is 2.07. The summed E-state index contributed by atoms with van der Waals surface area (Å²) in [5.41, 5.74) is 5.31. The molecule has 1 heterocycles. The molecule has 0 aliphatic carbocycles. The molecule has 3 heteroatoms. The number of hydrogen-bond donors (Lipinski definition) is 0. The highest BCUT2D eigenvalue weighted by Crippen LogP contribution is 2.24. The Morgan fingerprint density at radius 1 is 0.696 bits per heavy atom. The van der Waals surface area contributed by atoms with Crippen LogP contribution in [0.25, 0.3) is 22.8 Å². The minimum absolute atomic E-state index is 0.893. The first-order valence-electron chi connectivity index (χ1n) is 7.54. The number of nitrogens with zero attached hydrogens (tertiary/aromatic N) is 3. The molecule has 0 saturated heterocycles. The molecule has 4 aromatic rings. The van der Waals surface area contributed by atoms with Gasteiger partial charge in [0.05, 0.1) is 5.52 Å². The first kappa shape index (κ1) is 13.5. The lowest BCUT2D eigenvalue weighted by molar-refractivity contribution is 0.862. The minimum Gasteiger partial charge on any atom is -0.219 e. The van der Waals surface area contributed by atoms with E-state index in [4.69, 9.17) is 0 Å². The Bertz CT molecular complexity index is 912. The second-order valence-electron chi connectivity index (χ2n) is 5.30. The van der Waals surface area contributed by atoms with Crippen LogP contribution in [0.1, 0.15) is 11.1 Å². The van der Waals surface area contributed by atoms with E-state index in [1.165, 1.54) is 0 Å². The van der Waals surface area contributed by atoms with Crippen molar-refractivity contribution in [3.63, 3.8) is 0 Å². The highest BCUT2D eigenvalue weighted by atomic mass is 15.4. The maximum absolute atomic E-state index is 4.28. The Balaban J connectivity index is 1.92. The van der Waals surface area contributed by atoms with E-state index in [0.717, 1.165) is 27.7 Å². The maximum atomic E-state index is 4.28. The molecule has 0 aliphatic heterocycles. The fourth-order valence-electron chi connectivity index (χ4n) is 2.66. The zero-order valence-electron chi connectivity index (χ0n) is 12.5. The molecule has 0 aliphatic rings. The lowest BCUT2D eigenvalue weighted by atomic mass is 9.99. The summed E-state index contributed by atoms with van der Waals surface area (Å²) in [5.74, 6) is 0. The van der Waals surface area contributed by atoms with Crippen molar-refractivity contribution in [2.75, 3.05) is 0 Å². The van der Waals surface area contributed by atoms with Gasteiger partial charge in [0.15, 0.2) is 0 Å². The van der Waals surface area contributed by atoms with Gasteiger partial charge < -0.3 is 0 Å². The van der Waals surface area contributed by atoms with Gasteiger partial charge in [-0.25, -0.2) is 4.68 Å². The zero-order valence-corrected chi connectivity index (χ0v) is 12.5. The molecule has 0 atom stereocenters. The van der Waals surface area contributed by atoms with Crippen LogP contribution >= 0.6 is 0 Å². The summed E-state index contributed by atoms with van der Waals surface area (Å²) in [5, 5.41) is 8.50. The zero-order chi connectivity index (χ0) is 15.5. The van der Waals surface area contributed by atoms with Crippen molar-refractivity contribution in [3.8, 4) is 0 Å². The first-order chi connectivity index (χ1) is 11.4. The van der Waals surface area contributed by atoms with Crippen molar-refractivity contribution < 1.29 is 0 Å². The van der Waals surface area contributed by atoms with Crippen LogP contribution in [-0.2, 0) is 0 Å². The topological polar surface area (TPSA) is 30.7 Å². The summed E-state index contributed by atoms with van der Waals surface area (Å²) in [7, 11) is 0. The van der Waals surface area contributed by atoms with E-state index in [0.29, 0.717) is 0 Å². The molecule has 1 aromatic heterocycles. The van der Waals surface area contributed by atoms with Gasteiger partial charge in [0.25, 0.3) is 0 Å². The monoisotopic (exact) mass is 297 g/mol. The molecule has 0 saturated carbocycles. The van der Waals surface area contributed by atoms with Crippen LogP contribution in [0.3, 0.4) is 0 Å². The van der Waals surface area contributed by atoms with Crippen LogP contribution in [0.2, 0.25) is 0 Å². The Labute approximate surface area is 134 Å². The third-order valence-electron chi connectivity index (χ3n) is 3.80. The van der Waals surface area contributed by atoms with E-state index in [-0.39, 0.29) is 0 Å². The lowest BCUT2D eigenvalue weighted by Crippen LogP contribution is -1.94. The van der Waals surface area contributed by atoms with Gasteiger partial charge in [0.2, 0.25) is 0 Å². The van der Waals surface area contributed by atoms with Gasteiger partial charge in [0.1, 0.15) is 5.52 Å². The summed E-state index contributed by atoms with van der Waals surface area (Å²) in [6, 6.07) is 28.6. The molecular weight excluding hydrogens is 282 g/mol. The molecule has 0 fully saturated rings. The fourth-order valence-corrected chi connectivity index (χ4v) is 2.66. The van der Waals surface area contributed by atoms with Crippen LogP contribution in [-0.4, -0.2) is 15.0 Å². The van der Waals surface area contributed by atoms with Crippen molar-refractivity contribution >= 4 is 22.8 Å². The van der Waals surface area contributed by atoms with E-state index in [9.17, 15) is 0 Å². The molecule has 0 bridgehead atoms. The predicted molar refractivity (Wildman–Crippen MR) is 93.7 cm³/mol. The predicted octanol–water partition coefficient (Wildman–Crippen LogP) is 4.48. The van der Waals surface area contributed by atoms with Gasteiger partial charge in [-0.1, -0.05) is 78.0 Å². The summed E-state index contributed by atoms with van der Waals surface area (Å²) >= 11 is 0. The Morgan fingerprint density at radius 3 is 1.91 bits per heavy atom. The Morgan fingerprint density at radius 2 is 1.26 bits per heavy atom. The number of para-hydroxylation sites is 1. The standard InChI is InChI=1S/C20H15N3/c1-3-9-16(10-4-1)18(17-11-5-2-6-12-17)15-23-20-14-8-7-13-19(20)21-22-23/h1-15H. The first-order valence-corrected chi connectivity index (χ1v) is 7.54. The van der Waals surface area contributed by atoms with Gasteiger partial charge >= 0.3 is 0 Å². The van der Waals surface area contributed by atoms with Gasteiger partial charge in [-0.2, -0.15) is 0 Å². The van der Waals surface area contributed by atoms with Crippen LogP contribution < -0.4 is 0 Å². The third kappa shape index (κ3) is 2.64. The molecule has 110 valence electrons. The van der Waals surface area contributed by atoms with Crippen molar-refractivity contribution in [2.45, 2.75) is 0 Å². The SMILES string of the molecule is C(=C(c1ccccc1)c1ccccc1)n1nnc2ccccc21. The smallest absolute Gasteiger partial charge is 0.113 e. The van der Waals surface area contributed by atoms with Gasteiger partial charge in [-0.3, -0.25) is 0 Å². The average molecular weight is 297 g/mol. The van der Waals surface area contributed by atoms with Crippen molar-refractivity contribution in [1.82, 2.24) is 15.0 Å². The highest BCUT2D eigenvalue weighted by molar-refractivity contribution is 5.89. The molecule has 4 rings (SSSR count). The largest absolute Gasteiger partial charge is 0.219 e. The van der Waals surface area contributed by atoms with Crippen molar-refractivity contribution in [3.05, 3.63) is 96.1 Å². The Hall–Kier alpha value is -3.20. The third-order valence-corrected chi connectivity index (χ3v) is 3.80. The molecule has 3 nitrogen and oxygen atoms in total. The normalized spacial score (nSPS) is 10.6. The number of hydrogen-bond acceptors (Lipinski definition) is 2. The van der Waals surface area contributed by atoms with E-state index in [1.807, 2.05) is 71.5 Å². The van der Waals surface area contributed by atoms with E-state index in [1.54, 1.807) is 0 Å². The summed E-state index contributed by atoms with van der Waals surface area (Å²) in [6.45, 7) is 0. The number of aromatic nitrogens is 3. The van der Waals surface area contributed by atoms with Crippen LogP contribution in [0.15, 0.2) is 84.9 Å². The molecule has 0 spiro atoms. The minimum atomic E-state index is 0.893. The molecule has 3 aromatic carbocycles. The quantitative estimate of drug-likeness (QED) is 0.558. The van der Waals surface area contributed by atoms with Crippen LogP contribution in [0.5, 0.6) is 0 Å². The molecule has 23 heavy (non-hydrogen) atoms. The number of benzene rings is 3. The fraction of sp³-hybridized carbons (Fsp3) is 0. The van der Waals surface area contributed by atoms with E-state index in [2.05, 4.69) is 34.6 Å². The van der Waals surface area contributed by atoms with Gasteiger partial charge in [0, 0.05) is 11.8 Å². The number of rotatable bonds is 3. The van der Waals surface area contributed by atoms with Crippen molar-refractivity contribution in [2.24, 2.45) is 0 Å². The summed E-state index contributed by atoms with van der Waals surface area (Å²) in [6.07, 6.45) is 2.04. The summed E-state index contributed by atoms with van der Waals surface area (Å²) in [4.78, 5) is 0. The Kier molecular flexibility index (Phi) is 3.45. The molecule has 0 N–H and O–H groups in total. The van der Waals surface area contributed by atoms with Gasteiger partial charge in [-0.05, 0) is 23.3 Å². The second-order valence-corrected chi connectivity index (χ2v) is 5.30.